The number of hydrogen-bond acceptors (Lipinski definition) is 3. The van der Waals surface area contributed by atoms with Crippen LogP contribution in [-0.4, -0.2) is 18.3 Å². The average molecular weight is 249 g/mol. The minimum Gasteiger partial charge on any atom is -0.494 e. The molecular formula is C15H23NO2. The Hall–Kier alpha value is -1.22. The Bertz CT molecular complexity index is 373. The zero-order chi connectivity index (χ0) is 12.8. The molecule has 1 fully saturated rings. The van der Waals surface area contributed by atoms with Gasteiger partial charge in [-0.2, -0.15) is 0 Å². The van der Waals surface area contributed by atoms with Gasteiger partial charge in [0.15, 0.2) is 0 Å². The molecule has 18 heavy (non-hydrogen) atoms. The second kappa shape index (κ2) is 6.64. The summed E-state index contributed by atoms with van der Waals surface area (Å²) >= 11 is 0. The summed E-state index contributed by atoms with van der Waals surface area (Å²) in [6, 6.07) is 5.95. The molecule has 1 aromatic rings. The van der Waals surface area contributed by atoms with Gasteiger partial charge in [-0.3, -0.25) is 0 Å². The van der Waals surface area contributed by atoms with Crippen molar-refractivity contribution >= 4 is 5.69 Å². The van der Waals surface area contributed by atoms with Crippen LogP contribution in [0.2, 0.25) is 0 Å². The maximum atomic E-state index is 9.34. The third-order valence-corrected chi connectivity index (χ3v) is 3.60. The molecule has 0 heterocycles. The van der Waals surface area contributed by atoms with Gasteiger partial charge >= 0.3 is 0 Å². The second-order valence-electron chi connectivity index (χ2n) is 4.95. The molecule has 1 aliphatic rings. The summed E-state index contributed by atoms with van der Waals surface area (Å²) in [5, 5.41) is 12.8. The third-order valence-electron chi connectivity index (χ3n) is 3.60. The molecule has 0 bridgehead atoms. The van der Waals surface area contributed by atoms with Crippen LogP contribution in [-0.2, 0) is 6.61 Å². The van der Waals surface area contributed by atoms with Crippen LogP contribution in [0.3, 0.4) is 0 Å². The number of anilines is 1. The van der Waals surface area contributed by atoms with Crippen molar-refractivity contribution in [1.29, 1.82) is 0 Å². The smallest absolute Gasteiger partial charge is 0.124 e. The molecule has 1 saturated carbocycles. The third kappa shape index (κ3) is 3.39. The molecule has 0 saturated heterocycles. The highest BCUT2D eigenvalue weighted by atomic mass is 16.5. The highest BCUT2D eigenvalue weighted by molar-refractivity contribution is 5.51. The first-order valence-electron chi connectivity index (χ1n) is 6.94. The van der Waals surface area contributed by atoms with E-state index in [-0.39, 0.29) is 6.61 Å². The van der Waals surface area contributed by atoms with Crippen LogP contribution in [0.15, 0.2) is 18.2 Å². The molecule has 0 aromatic heterocycles. The van der Waals surface area contributed by atoms with Crippen molar-refractivity contribution in [2.75, 3.05) is 18.5 Å². The second-order valence-corrected chi connectivity index (χ2v) is 4.95. The Balaban J connectivity index is 1.95. The van der Waals surface area contributed by atoms with Crippen LogP contribution < -0.4 is 10.1 Å². The van der Waals surface area contributed by atoms with Gasteiger partial charge in [-0.25, -0.2) is 0 Å². The summed E-state index contributed by atoms with van der Waals surface area (Å²) in [4.78, 5) is 0. The fraction of sp³-hybridized carbons (Fsp3) is 0.600. The van der Waals surface area contributed by atoms with Gasteiger partial charge in [0.1, 0.15) is 5.75 Å². The quantitative estimate of drug-likeness (QED) is 0.813. The van der Waals surface area contributed by atoms with Crippen molar-refractivity contribution in [1.82, 2.24) is 0 Å². The lowest BCUT2D eigenvalue weighted by atomic mass is 10.1. The molecule has 1 aliphatic carbocycles. The highest BCUT2D eigenvalue weighted by Crippen LogP contribution is 2.26. The Kier molecular flexibility index (Phi) is 4.88. The van der Waals surface area contributed by atoms with Crippen molar-refractivity contribution in [2.24, 2.45) is 5.92 Å². The largest absolute Gasteiger partial charge is 0.494 e. The SMILES string of the molecule is CCOc1ccc(NCC2CCCC2)cc1CO. The van der Waals surface area contributed by atoms with Crippen LogP contribution in [0, 0.1) is 5.92 Å². The molecule has 0 aliphatic heterocycles. The van der Waals surface area contributed by atoms with Crippen molar-refractivity contribution in [3.8, 4) is 5.75 Å². The molecule has 0 spiro atoms. The van der Waals surface area contributed by atoms with Gasteiger partial charge < -0.3 is 15.2 Å². The van der Waals surface area contributed by atoms with Crippen LogP contribution in [0.25, 0.3) is 0 Å². The zero-order valence-corrected chi connectivity index (χ0v) is 11.1. The van der Waals surface area contributed by atoms with Crippen molar-refractivity contribution in [3.05, 3.63) is 23.8 Å². The predicted octanol–water partition coefficient (Wildman–Crippen LogP) is 3.18. The lowest BCUT2D eigenvalue weighted by molar-refractivity contribution is 0.267. The van der Waals surface area contributed by atoms with Crippen LogP contribution in [0.4, 0.5) is 5.69 Å². The number of benzene rings is 1. The van der Waals surface area contributed by atoms with Gasteiger partial charge in [0.25, 0.3) is 0 Å². The number of aliphatic hydroxyl groups is 1. The number of hydrogen-bond donors (Lipinski definition) is 2. The van der Waals surface area contributed by atoms with Gasteiger partial charge in [-0.15, -0.1) is 0 Å². The highest BCUT2D eigenvalue weighted by Gasteiger charge is 2.14. The van der Waals surface area contributed by atoms with Crippen molar-refractivity contribution in [2.45, 2.75) is 39.2 Å². The van der Waals surface area contributed by atoms with E-state index >= 15 is 0 Å². The number of nitrogens with one attached hydrogen (secondary N) is 1. The van der Waals surface area contributed by atoms with E-state index in [4.69, 9.17) is 4.74 Å². The van der Waals surface area contributed by atoms with E-state index in [0.29, 0.717) is 6.61 Å². The first kappa shape index (κ1) is 13.2. The summed E-state index contributed by atoms with van der Waals surface area (Å²) in [6.45, 7) is 3.64. The maximum Gasteiger partial charge on any atom is 0.124 e. The normalized spacial score (nSPS) is 15.9. The van der Waals surface area contributed by atoms with Gasteiger partial charge in [0.2, 0.25) is 0 Å². The number of ether oxygens (including phenoxy) is 1. The number of aliphatic hydroxyl groups excluding tert-OH is 1. The molecular weight excluding hydrogens is 226 g/mol. The molecule has 3 nitrogen and oxygen atoms in total. The summed E-state index contributed by atoms with van der Waals surface area (Å²) in [7, 11) is 0. The van der Waals surface area contributed by atoms with E-state index in [1.165, 1.54) is 25.7 Å². The van der Waals surface area contributed by atoms with Crippen LogP contribution in [0.5, 0.6) is 5.75 Å². The summed E-state index contributed by atoms with van der Waals surface area (Å²) in [6.07, 6.45) is 5.43. The Morgan fingerprint density at radius 3 is 2.78 bits per heavy atom. The zero-order valence-electron chi connectivity index (χ0n) is 11.1. The van der Waals surface area contributed by atoms with Crippen molar-refractivity contribution in [3.63, 3.8) is 0 Å². The Labute approximate surface area is 109 Å². The van der Waals surface area contributed by atoms with Crippen molar-refractivity contribution < 1.29 is 9.84 Å². The van der Waals surface area contributed by atoms with Crippen LogP contribution >= 0.6 is 0 Å². The summed E-state index contributed by atoms with van der Waals surface area (Å²) in [5.41, 5.74) is 1.93. The minimum absolute atomic E-state index is 0.0221. The van der Waals surface area contributed by atoms with E-state index in [1.54, 1.807) is 0 Å². The molecule has 0 radical (unpaired) electrons. The molecule has 0 amide bonds. The Morgan fingerprint density at radius 1 is 1.33 bits per heavy atom. The fourth-order valence-electron chi connectivity index (χ4n) is 2.59. The number of rotatable bonds is 6. The minimum atomic E-state index is 0.0221. The van der Waals surface area contributed by atoms with E-state index in [1.807, 2.05) is 25.1 Å². The van der Waals surface area contributed by atoms with E-state index in [9.17, 15) is 5.11 Å². The molecule has 0 atom stereocenters. The lowest BCUT2D eigenvalue weighted by Crippen LogP contribution is -2.11. The lowest BCUT2D eigenvalue weighted by Gasteiger charge is -2.14. The van der Waals surface area contributed by atoms with E-state index < -0.39 is 0 Å². The maximum absolute atomic E-state index is 9.34. The molecule has 2 N–H and O–H groups in total. The summed E-state index contributed by atoms with van der Waals surface area (Å²) in [5.74, 6) is 1.60. The molecule has 0 unspecified atom stereocenters. The van der Waals surface area contributed by atoms with E-state index in [2.05, 4.69) is 5.32 Å². The fourth-order valence-corrected chi connectivity index (χ4v) is 2.59. The monoisotopic (exact) mass is 249 g/mol. The Morgan fingerprint density at radius 2 is 2.11 bits per heavy atom. The molecule has 2 rings (SSSR count). The average Bonchev–Trinajstić information content (AvgIpc) is 2.91. The van der Waals surface area contributed by atoms with Gasteiger partial charge in [-0.1, -0.05) is 12.8 Å². The first-order valence-corrected chi connectivity index (χ1v) is 6.94. The van der Waals surface area contributed by atoms with Gasteiger partial charge in [0.05, 0.1) is 13.2 Å². The van der Waals surface area contributed by atoms with Crippen LogP contribution in [0.1, 0.15) is 38.2 Å². The van der Waals surface area contributed by atoms with Gasteiger partial charge in [0, 0.05) is 17.8 Å². The van der Waals surface area contributed by atoms with E-state index in [0.717, 1.165) is 29.5 Å². The standard InChI is InChI=1S/C15H23NO2/c1-2-18-15-8-7-14(9-13(15)11-17)16-10-12-5-3-4-6-12/h7-9,12,16-17H,2-6,10-11H2,1H3. The topological polar surface area (TPSA) is 41.5 Å². The van der Waals surface area contributed by atoms with Gasteiger partial charge in [-0.05, 0) is 43.9 Å². The molecule has 1 aromatic carbocycles. The molecule has 100 valence electrons. The molecule has 3 heteroatoms. The summed E-state index contributed by atoms with van der Waals surface area (Å²) < 4.78 is 5.47. The first-order chi connectivity index (χ1) is 8.83. The predicted molar refractivity (Wildman–Crippen MR) is 74.0 cm³/mol.